The molecule has 156 valence electrons. The van der Waals surface area contributed by atoms with E-state index in [-0.39, 0.29) is 24.9 Å². The molecule has 0 heterocycles. The molecule has 6 nitrogen and oxygen atoms in total. The molecule has 6 heteroatoms. The Balaban J connectivity index is 1.88. The van der Waals surface area contributed by atoms with Gasteiger partial charge in [0.05, 0.1) is 19.3 Å². The molecule has 0 aliphatic rings. The maximum Gasteiger partial charge on any atom is 0.279 e. The normalized spacial score (nSPS) is 12.7. The van der Waals surface area contributed by atoms with Gasteiger partial charge in [-0.2, -0.15) is 0 Å². The summed E-state index contributed by atoms with van der Waals surface area (Å²) in [7, 11) is 1.56. The van der Waals surface area contributed by atoms with Crippen LogP contribution in [0, 0.1) is 0 Å². The highest BCUT2D eigenvalue weighted by atomic mass is 16.5. The number of amides is 2. The lowest BCUT2D eigenvalue weighted by Crippen LogP contribution is -3.13. The van der Waals surface area contributed by atoms with Gasteiger partial charge >= 0.3 is 0 Å². The number of hydrogen-bond acceptors (Lipinski definition) is 3. The zero-order valence-electron chi connectivity index (χ0n) is 17.7. The minimum Gasteiger partial charge on any atom is -0.495 e. The molecule has 3 N–H and O–H groups in total. The van der Waals surface area contributed by atoms with E-state index >= 15 is 0 Å². The summed E-state index contributed by atoms with van der Waals surface area (Å²) in [5.41, 5.74) is 2.66. The Labute approximate surface area is 173 Å². The van der Waals surface area contributed by atoms with Gasteiger partial charge in [-0.05, 0) is 49.1 Å². The van der Waals surface area contributed by atoms with Crippen LogP contribution in [0.3, 0.4) is 0 Å². The van der Waals surface area contributed by atoms with Gasteiger partial charge in [-0.25, -0.2) is 0 Å². The maximum absolute atomic E-state index is 12.4. The predicted molar refractivity (Wildman–Crippen MR) is 117 cm³/mol. The van der Waals surface area contributed by atoms with Crippen molar-refractivity contribution in [1.29, 1.82) is 0 Å². The van der Waals surface area contributed by atoms with Crippen molar-refractivity contribution in [1.82, 2.24) is 0 Å². The zero-order chi connectivity index (χ0) is 21.2. The molecular weight excluding hydrogens is 366 g/mol. The standard InChI is InChI=1S/C23H31N3O3/c1-5-17(3)18-11-13-19(14-12-18)24-22(27)15-26(6-2)16-23(28)25-20-9-7-8-10-21(20)29-4/h7-14,17H,5-6,15-16H2,1-4H3,(H,24,27)(H,25,28)/p+1/t17-/m0/s1. The van der Waals surface area contributed by atoms with Crippen LogP contribution in [0.15, 0.2) is 48.5 Å². The SMILES string of the molecule is CC[C@H](C)c1ccc(NC(=O)C[NH+](CC)CC(=O)Nc2ccccc2OC)cc1. The Bertz CT molecular complexity index is 805. The first-order valence-electron chi connectivity index (χ1n) is 10.1. The van der Waals surface area contributed by atoms with Crippen molar-refractivity contribution in [3.05, 3.63) is 54.1 Å². The topological polar surface area (TPSA) is 71.9 Å². The Kier molecular flexibility index (Phi) is 8.68. The molecule has 0 aliphatic carbocycles. The van der Waals surface area contributed by atoms with E-state index in [0.717, 1.165) is 17.0 Å². The van der Waals surface area contributed by atoms with Crippen molar-refractivity contribution < 1.29 is 19.2 Å². The van der Waals surface area contributed by atoms with Crippen LogP contribution in [0.1, 0.15) is 38.7 Å². The fourth-order valence-corrected chi connectivity index (χ4v) is 3.04. The fraction of sp³-hybridized carbons (Fsp3) is 0.391. The average Bonchev–Trinajstić information content (AvgIpc) is 2.73. The van der Waals surface area contributed by atoms with E-state index in [1.54, 1.807) is 19.2 Å². The van der Waals surface area contributed by atoms with Gasteiger partial charge < -0.3 is 20.3 Å². The van der Waals surface area contributed by atoms with Crippen molar-refractivity contribution in [2.24, 2.45) is 0 Å². The largest absolute Gasteiger partial charge is 0.495 e. The molecule has 0 spiro atoms. The van der Waals surface area contributed by atoms with Crippen LogP contribution >= 0.6 is 0 Å². The summed E-state index contributed by atoms with van der Waals surface area (Å²) < 4.78 is 5.25. The fourth-order valence-electron chi connectivity index (χ4n) is 3.04. The molecule has 0 aliphatic heterocycles. The van der Waals surface area contributed by atoms with Crippen LogP contribution in [-0.4, -0.2) is 38.6 Å². The van der Waals surface area contributed by atoms with Gasteiger partial charge in [0, 0.05) is 5.69 Å². The van der Waals surface area contributed by atoms with Crippen LogP contribution in [0.2, 0.25) is 0 Å². The van der Waals surface area contributed by atoms with Gasteiger partial charge in [-0.1, -0.05) is 38.1 Å². The number of ether oxygens (including phenoxy) is 1. The van der Waals surface area contributed by atoms with Crippen molar-refractivity contribution in [2.75, 3.05) is 37.4 Å². The number of para-hydroxylation sites is 2. The lowest BCUT2D eigenvalue weighted by Gasteiger charge is -2.17. The molecule has 2 amide bonds. The molecule has 1 unspecified atom stereocenters. The van der Waals surface area contributed by atoms with E-state index in [9.17, 15) is 9.59 Å². The van der Waals surface area contributed by atoms with E-state index in [4.69, 9.17) is 4.74 Å². The third-order valence-electron chi connectivity index (χ3n) is 5.08. The van der Waals surface area contributed by atoms with Crippen molar-refractivity contribution >= 4 is 23.2 Å². The summed E-state index contributed by atoms with van der Waals surface area (Å²) in [6.45, 7) is 7.40. The number of benzene rings is 2. The van der Waals surface area contributed by atoms with Crippen LogP contribution in [0.25, 0.3) is 0 Å². The van der Waals surface area contributed by atoms with Crippen LogP contribution in [0.4, 0.5) is 11.4 Å². The second-order valence-electron chi connectivity index (χ2n) is 7.19. The highest BCUT2D eigenvalue weighted by Crippen LogP contribution is 2.22. The van der Waals surface area contributed by atoms with E-state index in [2.05, 4.69) is 36.6 Å². The summed E-state index contributed by atoms with van der Waals surface area (Å²) in [5.74, 6) is 0.847. The molecular formula is C23H32N3O3+. The monoisotopic (exact) mass is 398 g/mol. The molecule has 0 bridgehead atoms. The second-order valence-corrected chi connectivity index (χ2v) is 7.19. The molecule has 2 rings (SSSR count). The zero-order valence-corrected chi connectivity index (χ0v) is 17.7. The highest BCUT2D eigenvalue weighted by molar-refractivity contribution is 5.94. The summed E-state index contributed by atoms with van der Waals surface area (Å²) in [6.07, 6.45) is 1.08. The Morgan fingerprint density at radius 2 is 1.59 bits per heavy atom. The number of carbonyl (C=O) groups excluding carboxylic acids is 2. The summed E-state index contributed by atoms with van der Waals surface area (Å²) in [4.78, 5) is 25.7. The number of methoxy groups -OCH3 is 1. The van der Waals surface area contributed by atoms with Gasteiger partial charge in [0.15, 0.2) is 13.1 Å². The minimum atomic E-state index is -0.156. The van der Waals surface area contributed by atoms with Crippen LogP contribution in [-0.2, 0) is 9.59 Å². The average molecular weight is 399 g/mol. The van der Waals surface area contributed by atoms with Gasteiger partial charge in [-0.3, -0.25) is 9.59 Å². The quantitative estimate of drug-likeness (QED) is 0.576. The summed E-state index contributed by atoms with van der Waals surface area (Å²) >= 11 is 0. The molecule has 2 aromatic rings. The first kappa shape index (κ1) is 22.4. The molecule has 0 radical (unpaired) electrons. The first-order chi connectivity index (χ1) is 14.0. The number of nitrogens with one attached hydrogen (secondary N) is 3. The third-order valence-corrected chi connectivity index (χ3v) is 5.08. The molecule has 2 aromatic carbocycles. The van der Waals surface area contributed by atoms with E-state index in [1.165, 1.54) is 5.56 Å². The lowest BCUT2D eigenvalue weighted by molar-refractivity contribution is -0.881. The van der Waals surface area contributed by atoms with Crippen molar-refractivity contribution in [3.63, 3.8) is 0 Å². The number of anilines is 2. The molecule has 0 saturated carbocycles. The summed E-state index contributed by atoms with van der Waals surface area (Å²) in [6, 6.07) is 15.2. The van der Waals surface area contributed by atoms with Crippen LogP contribution in [0.5, 0.6) is 5.75 Å². The smallest absolute Gasteiger partial charge is 0.279 e. The van der Waals surface area contributed by atoms with Gasteiger partial charge in [-0.15, -0.1) is 0 Å². The third kappa shape index (κ3) is 6.91. The van der Waals surface area contributed by atoms with Gasteiger partial charge in [0.1, 0.15) is 5.75 Å². The highest BCUT2D eigenvalue weighted by Gasteiger charge is 2.18. The van der Waals surface area contributed by atoms with E-state index in [1.807, 2.05) is 31.2 Å². The van der Waals surface area contributed by atoms with Gasteiger partial charge in [0.2, 0.25) is 0 Å². The number of hydrogen-bond donors (Lipinski definition) is 3. The molecule has 2 atom stereocenters. The molecule has 0 saturated heterocycles. The minimum absolute atomic E-state index is 0.108. The Hall–Kier alpha value is -2.86. The van der Waals surface area contributed by atoms with E-state index in [0.29, 0.717) is 23.9 Å². The number of rotatable bonds is 10. The number of quaternary nitrogens is 1. The maximum atomic E-state index is 12.4. The lowest BCUT2D eigenvalue weighted by atomic mass is 9.99. The molecule has 0 aromatic heterocycles. The van der Waals surface area contributed by atoms with Gasteiger partial charge in [0.25, 0.3) is 11.8 Å². The Morgan fingerprint density at radius 3 is 2.17 bits per heavy atom. The summed E-state index contributed by atoms with van der Waals surface area (Å²) in [5, 5.41) is 5.78. The number of carbonyl (C=O) groups is 2. The van der Waals surface area contributed by atoms with Crippen molar-refractivity contribution in [2.45, 2.75) is 33.1 Å². The van der Waals surface area contributed by atoms with Crippen LogP contribution < -0.4 is 20.3 Å². The molecule has 0 fully saturated rings. The van der Waals surface area contributed by atoms with E-state index < -0.39 is 0 Å². The Morgan fingerprint density at radius 1 is 0.966 bits per heavy atom. The predicted octanol–water partition coefficient (Wildman–Crippen LogP) is 2.69. The second kappa shape index (κ2) is 11.2. The first-order valence-corrected chi connectivity index (χ1v) is 10.1. The van der Waals surface area contributed by atoms with Crippen molar-refractivity contribution in [3.8, 4) is 5.75 Å². The number of likely N-dealkylation sites (N-methyl/N-ethyl adjacent to an activating group) is 1. The molecule has 29 heavy (non-hydrogen) atoms.